The van der Waals surface area contributed by atoms with Gasteiger partial charge >= 0.3 is 23.9 Å². The number of rotatable bonds is 0. The van der Waals surface area contributed by atoms with Crippen LogP contribution in [0.25, 0.3) is 0 Å². The minimum absolute atomic E-state index is 0. The summed E-state index contributed by atoms with van der Waals surface area (Å²) < 4.78 is 15.7. The summed E-state index contributed by atoms with van der Waals surface area (Å²) in [5, 5.41) is 0. The van der Waals surface area contributed by atoms with E-state index in [-0.39, 0.29) is 17.1 Å². The zero-order chi connectivity index (χ0) is 2.71. The molecule has 0 bridgehead atoms. The van der Waals surface area contributed by atoms with Gasteiger partial charge in [-0.1, -0.05) is 0 Å². The molecule has 1 N–H and O–H groups in total. The Morgan fingerprint density at radius 1 is 1.75 bits per heavy atom. The molecule has 0 aromatic carbocycles. The summed E-state index contributed by atoms with van der Waals surface area (Å²) in [6, 6.07) is 0. The maximum Gasteiger partial charge on any atom is 0 e. The predicted octanol–water partition coefficient (Wildman–Crippen LogP) is -1.06. The second-order valence-corrected chi connectivity index (χ2v) is 0.424. The zero-order valence-corrected chi connectivity index (χ0v) is 4.42. The van der Waals surface area contributed by atoms with Crippen molar-refractivity contribution in [2.24, 2.45) is 0 Å². The van der Waals surface area contributed by atoms with Crippen LogP contribution in [0.1, 0.15) is 0 Å². The summed E-state index contributed by atoms with van der Waals surface area (Å²) in [4.78, 5) is 0. The van der Waals surface area contributed by atoms with Gasteiger partial charge in [-0.25, -0.2) is 0 Å². The molecule has 0 saturated carbocycles. The van der Waals surface area contributed by atoms with E-state index in [1.807, 2.05) is 0 Å². The number of hydrogen-bond acceptors (Lipinski definition) is 1. The predicted molar refractivity (Wildman–Crippen MR) is 8.66 cm³/mol. The Balaban J connectivity index is 0. The first kappa shape index (κ1) is 8.85. The summed E-state index contributed by atoms with van der Waals surface area (Å²) in [6.07, 6.45) is 0. The van der Waals surface area contributed by atoms with Gasteiger partial charge in [0.2, 0.25) is 0 Å². The Kier molecular flexibility index (Phi) is 20.2. The van der Waals surface area contributed by atoms with Crippen molar-refractivity contribution in [1.29, 1.82) is 0 Å². The molecule has 0 fully saturated rings. The maximum atomic E-state index is 8.58. The summed E-state index contributed by atoms with van der Waals surface area (Å²) in [6.45, 7) is 0. The fourth-order valence-electron chi connectivity index (χ4n) is 0. The Labute approximate surface area is 41.3 Å². The fourth-order valence-corrected chi connectivity index (χ4v) is 0. The molecule has 0 unspecified atom stereocenters. The van der Waals surface area contributed by atoms with Crippen LogP contribution in [0.15, 0.2) is 0 Å². The summed E-state index contributed by atoms with van der Waals surface area (Å²) in [7, 11) is 0. The van der Waals surface area contributed by atoms with Crippen molar-refractivity contribution in [2.75, 3.05) is 0 Å². The van der Waals surface area contributed by atoms with E-state index in [0.717, 1.165) is 0 Å². The molecule has 0 aliphatic carbocycles. The van der Waals surface area contributed by atoms with Gasteiger partial charge in [-0.3, -0.25) is 0 Å². The molecule has 0 rings (SSSR count). The van der Waals surface area contributed by atoms with E-state index in [9.17, 15) is 0 Å². The molecule has 0 heterocycles. The van der Waals surface area contributed by atoms with Crippen molar-refractivity contribution in [1.82, 2.24) is 0 Å². The molecule has 0 amide bonds. The van der Waals surface area contributed by atoms with Crippen molar-refractivity contribution in [3.05, 3.63) is 0 Å². The van der Waals surface area contributed by atoms with E-state index in [2.05, 4.69) is 0 Å². The zero-order valence-electron chi connectivity index (χ0n) is 1.60. The first-order valence-electron chi connectivity index (χ1n) is 0.383. The summed E-state index contributed by atoms with van der Waals surface area (Å²) in [5.74, 6) is 0. The summed E-state index contributed by atoms with van der Waals surface area (Å²) >= 11 is -1.56. The van der Waals surface area contributed by atoms with Crippen molar-refractivity contribution >= 4 is 16.0 Å². The van der Waals surface area contributed by atoms with Crippen molar-refractivity contribution < 1.29 is 24.9 Å². The van der Waals surface area contributed by atoms with Gasteiger partial charge in [0, 0.05) is 17.1 Å². The van der Waals surface area contributed by atoms with E-state index >= 15 is 0 Å². The average Bonchev–Trinajstić information content (AvgIpc) is 0.918. The van der Waals surface area contributed by atoms with E-state index in [1.165, 1.54) is 0 Å². The van der Waals surface area contributed by atoms with Gasteiger partial charge in [-0.05, 0) is 0 Å². The minimum Gasteiger partial charge on any atom is 0 e. The second-order valence-electron chi connectivity index (χ2n) is 0.0816. The third-order valence-corrected chi connectivity index (χ3v) is 0. The molecule has 4 heavy (non-hydrogen) atoms. The van der Waals surface area contributed by atoms with E-state index in [0.29, 0.717) is 0 Å². The van der Waals surface area contributed by atoms with Crippen molar-refractivity contribution in [3.63, 3.8) is 0 Å². The Morgan fingerprint density at radius 2 is 1.75 bits per heavy atom. The van der Waals surface area contributed by atoms with Crippen LogP contribution in [0.2, 0.25) is 0 Å². The van der Waals surface area contributed by atoms with Gasteiger partial charge < -0.3 is 0 Å². The first-order valence-corrected chi connectivity index (χ1v) is 1.99. The van der Waals surface area contributed by atoms with Crippen LogP contribution in [0.5, 0.6) is 0 Å². The van der Waals surface area contributed by atoms with Gasteiger partial charge in [0.25, 0.3) is 0 Å². The quantitative estimate of drug-likeness (QED) is 0.472. The maximum absolute atomic E-state index is 8.58. The largest absolute Gasteiger partial charge is 0 e. The third-order valence-electron chi connectivity index (χ3n) is 0. The fraction of sp³-hybridized carbons (Fsp3) is 0. The van der Waals surface area contributed by atoms with Gasteiger partial charge in [-0.2, -0.15) is 0 Å². The average molecular weight is 171 g/mol. The molecule has 0 aromatic heterocycles. The van der Waals surface area contributed by atoms with Gasteiger partial charge in [-0.15, -0.1) is 0 Å². The Morgan fingerprint density at radius 3 is 1.75 bits per heavy atom. The topological polar surface area (TPSA) is 37.3 Å². The standard InChI is InChI=1S/AsHO2.Cu/c2-1-3;/h(H,2,3);. The molecule has 2 nitrogen and oxygen atoms in total. The van der Waals surface area contributed by atoms with E-state index < -0.39 is 16.0 Å². The molecule has 4 heteroatoms. The summed E-state index contributed by atoms with van der Waals surface area (Å²) in [5.41, 5.74) is 0. The van der Waals surface area contributed by atoms with Crippen LogP contribution in [-0.2, 0) is 20.8 Å². The Bertz CT molecular complexity index is 13.5. The first-order chi connectivity index (χ1) is 1.41. The van der Waals surface area contributed by atoms with Gasteiger partial charge in [0.05, 0.1) is 0 Å². The van der Waals surface area contributed by atoms with Crippen LogP contribution >= 0.6 is 0 Å². The molecule has 0 aliphatic heterocycles. The van der Waals surface area contributed by atoms with Crippen LogP contribution < -0.4 is 0 Å². The second kappa shape index (κ2) is 9.15. The minimum atomic E-state index is -1.56. The molecule has 29 valence electrons. The van der Waals surface area contributed by atoms with E-state index in [4.69, 9.17) is 7.84 Å². The van der Waals surface area contributed by atoms with Crippen LogP contribution in [0.4, 0.5) is 0 Å². The SMILES string of the molecule is O=[As]O.[Cu]. The normalized spacial score (nSPS) is 5.25. The van der Waals surface area contributed by atoms with Crippen LogP contribution in [-0.4, -0.2) is 20.1 Å². The van der Waals surface area contributed by atoms with Crippen molar-refractivity contribution in [3.8, 4) is 0 Å². The molecule has 0 atom stereocenters. The van der Waals surface area contributed by atoms with Crippen LogP contribution in [0, 0.1) is 0 Å². The molecular weight excluding hydrogens is 170 g/mol. The molecule has 0 aromatic rings. The monoisotopic (exact) mass is 171 g/mol. The third kappa shape index (κ3) is 13.7. The van der Waals surface area contributed by atoms with Gasteiger partial charge in [0.1, 0.15) is 0 Å². The molecule has 0 spiro atoms. The molecular formula is HAsCuO2. The van der Waals surface area contributed by atoms with Crippen molar-refractivity contribution in [2.45, 2.75) is 0 Å². The molecule has 0 aliphatic rings. The number of hydrogen-bond donors (Lipinski definition) is 1. The smallest absolute Gasteiger partial charge is 0 e. The Hall–Kier alpha value is 0.838. The molecule has 0 saturated heterocycles. The van der Waals surface area contributed by atoms with Gasteiger partial charge in [0.15, 0.2) is 0 Å². The van der Waals surface area contributed by atoms with E-state index in [1.54, 1.807) is 0 Å². The van der Waals surface area contributed by atoms with Crippen LogP contribution in [0.3, 0.4) is 0 Å². The molecule has 1 radical (unpaired) electrons.